The van der Waals surface area contributed by atoms with Crippen LogP contribution < -0.4 is 11.0 Å². The molecular weight excluding hydrogens is 398 g/mol. The van der Waals surface area contributed by atoms with Gasteiger partial charge in [0.15, 0.2) is 17.7 Å². The largest absolute Gasteiger partial charge is 0.463 e. The van der Waals surface area contributed by atoms with Crippen molar-refractivity contribution in [3.8, 4) is 17.1 Å². The molecule has 0 radical (unpaired) electrons. The van der Waals surface area contributed by atoms with E-state index in [0.717, 1.165) is 18.4 Å². The maximum Gasteiger partial charge on any atom is 0.257 e. The van der Waals surface area contributed by atoms with Crippen molar-refractivity contribution in [2.24, 2.45) is 0 Å². The molecule has 3 aromatic rings. The van der Waals surface area contributed by atoms with Gasteiger partial charge in [0.25, 0.3) is 5.88 Å². The molecule has 0 saturated heterocycles. The second kappa shape index (κ2) is 7.79. The number of nitrogens with zero attached hydrogens (tertiary/aromatic N) is 4. The molecule has 154 valence electrons. The summed E-state index contributed by atoms with van der Waals surface area (Å²) in [6.45, 7) is 0. The Balaban J connectivity index is 1.51. The first kappa shape index (κ1) is 18.6. The van der Waals surface area contributed by atoms with Crippen molar-refractivity contribution in [2.45, 2.75) is 12.8 Å². The fourth-order valence-electron chi connectivity index (χ4n) is 3.32. The Hall–Kier alpha value is -4.40. The first-order chi connectivity index (χ1) is 15.2. The lowest BCUT2D eigenvalue weighted by Crippen LogP contribution is -2.17. The number of allylic oxidation sites excluding steroid dienone is 4. The van der Waals surface area contributed by atoms with Gasteiger partial charge in [-0.25, -0.2) is 4.68 Å². The molecule has 9 nitrogen and oxygen atoms in total. The third kappa shape index (κ3) is 3.64. The average molecular weight is 415 g/mol. The summed E-state index contributed by atoms with van der Waals surface area (Å²) in [5, 5.41) is 8.72. The monoisotopic (exact) mass is 415 g/mol. The summed E-state index contributed by atoms with van der Waals surface area (Å²) in [6, 6.07) is 6.13. The predicted molar refractivity (Wildman–Crippen MR) is 113 cm³/mol. The highest BCUT2D eigenvalue weighted by Crippen LogP contribution is 2.29. The number of ether oxygens (including phenoxy) is 2. The Morgan fingerprint density at radius 2 is 2.06 bits per heavy atom. The van der Waals surface area contributed by atoms with Crippen molar-refractivity contribution in [1.29, 1.82) is 0 Å². The number of H-pyrrole nitrogens is 1. The van der Waals surface area contributed by atoms with Gasteiger partial charge in [-0.3, -0.25) is 9.59 Å². The summed E-state index contributed by atoms with van der Waals surface area (Å²) in [6.07, 6.45) is 15.3. The topological polar surface area (TPSA) is 104 Å². The molecule has 0 unspecified atom stereocenters. The van der Waals surface area contributed by atoms with E-state index in [4.69, 9.17) is 9.47 Å². The number of rotatable bonds is 4. The first-order valence-electron chi connectivity index (χ1n) is 9.63. The average Bonchev–Trinajstić information content (AvgIpc) is 3.30. The number of hydrogen-bond donors (Lipinski definition) is 1. The Morgan fingerprint density at radius 3 is 2.90 bits per heavy atom. The van der Waals surface area contributed by atoms with Crippen LogP contribution in [0.5, 0.6) is 0 Å². The predicted octanol–water partition coefficient (Wildman–Crippen LogP) is 2.70. The molecule has 0 saturated carbocycles. The number of nitrogens with one attached hydrogen (secondary N) is 1. The summed E-state index contributed by atoms with van der Waals surface area (Å²) < 4.78 is 14.4. The van der Waals surface area contributed by atoms with Crippen molar-refractivity contribution in [3.63, 3.8) is 0 Å². The standard InChI is InChI=1S/C22H17N5O4/c28-18-8-11-26(16-6-9-23-20(29)12-16)25-22(18)17-7-10-24-27(17)21-14-30-13-19(31-21)15-4-2-1-3-5-15/h1-2,4,6-14H,3,5H2,(H,23,29). The summed E-state index contributed by atoms with van der Waals surface area (Å²) in [5.41, 5.74) is 1.55. The molecule has 31 heavy (non-hydrogen) atoms. The van der Waals surface area contributed by atoms with E-state index in [2.05, 4.69) is 21.3 Å². The molecule has 9 heteroatoms. The van der Waals surface area contributed by atoms with Crippen molar-refractivity contribution in [2.75, 3.05) is 0 Å². The summed E-state index contributed by atoms with van der Waals surface area (Å²) in [7, 11) is 0. The molecule has 0 fully saturated rings. The number of pyridine rings is 1. The normalized spacial score (nSPS) is 15.4. The first-order valence-corrected chi connectivity index (χ1v) is 9.63. The highest BCUT2D eigenvalue weighted by Gasteiger charge is 2.21. The molecular formula is C22H17N5O4. The van der Waals surface area contributed by atoms with Crippen molar-refractivity contribution < 1.29 is 9.47 Å². The molecule has 0 bridgehead atoms. The molecule has 1 N–H and O–H groups in total. The van der Waals surface area contributed by atoms with E-state index in [1.807, 2.05) is 12.2 Å². The molecule has 3 aromatic heterocycles. The van der Waals surface area contributed by atoms with E-state index in [0.29, 0.717) is 23.0 Å². The number of aromatic amines is 1. The van der Waals surface area contributed by atoms with Crippen LogP contribution in [-0.2, 0) is 9.47 Å². The summed E-state index contributed by atoms with van der Waals surface area (Å²) >= 11 is 0. The van der Waals surface area contributed by atoms with Crippen LogP contribution in [0.1, 0.15) is 12.8 Å². The maximum absolute atomic E-state index is 12.6. The van der Waals surface area contributed by atoms with Gasteiger partial charge in [0, 0.05) is 24.5 Å². The zero-order valence-electron chi connectivity index (χ0n) is 16.3. The second-order valence-electron chi connectivity index (χ2n) is 6.85. The molecule has 1 aliphatic carbocycles. The lowest BCUT2D eigenvalue weighted by molar-refractivity contribution is 0.265. The highest BCUT2D eigenvalue weighted by molar-refractivity contribution is 5.59. The molecule has 0 atom stereocenters. The van der Waals surface area contributed by atoms with Gasteiger partial charge in [0.2, 0.25) is 11.0 Å². The van der Waals surface area contributed by atoms with Crippen molar-refractivity contribution in [3.05, 3.63) is 106 Å². The third-order valence-corrected chi connectivity index (χ3v) is 4.81. The zero-order valence-corrected chi connectivity index (χ0v) is 16.3. The molecule has 0 aromatic carbocycles. The fraction of sp³-hybridized carbons (Fsp3) is 0.0909. The summed E-state index contributed by atoms with van der Waals surface area (Å²) in [4.78, 5) is 26.8. The van der Waals surface area contributed by atoms with Crippen LogP contribution in [0.4, 0.5) is 0 Å². The Labute approximate surface area is 175 Å². The lowest BCUT2D eigenvalue weighted by atomic mass is 10.0. The van der Waals surface area contributed by atoms with E-state index >= 15 is 0 Å². The maximum atomic E-state index is 12.6. The molecule has 2 aliphatic rings. The Kier molecular flexibility index (Phi) is 4.68. The van der Waals surface area contributed by atoms with Crippen LogP contribution in [0, 0.1) is 0 Å². The molecule has 0 amide bonds. The van der Waals surface area contributed by atoms with Crippen LogP contribution in [0.3, 0.4) is 0 Å². The van der Waals surface area contributed by atoms with E-state index < -0.39 is 0 Å². The van der Waals surface area contributed by atoms with Crippen LogP contribution in [-0.4, -0.2) is 24.5 Å². The molecule has 5 rings (SSSR count). The minimum absolute atomic E-state index is 0.153. The third-order valence-electron chi connectivity index (χ3n) is 4.81. The van der Waals surface area contributed by atoms with Gasteiger partial charge in [0.1, 0.15) is 12.0 Å². The van der Waals surface area contributed by atoms with Crippen LogP contribution in [0.2, 0.25) is 0 Å². The second-order valence-corrected chi connectivity index (χ2v) is 6.85. The minimum atomic E-state index is -0.295. The van der Waals surface area contributed by atoms with Crippen LogP contribution >= 0.6 is 0 Å². The van der Waals surface area contributed by atoms with Crippen LogP contribution in [0.15, 0.2) is 94.5 Å². The van der Waals surface area contributed by atoms with E-state index in [9.17, 15) is 9.59 Å². The van der Waals surface area contributed by atoms with E-state index in [1.165, 1.54) is 40.2 Å². The molecule has 4 heterocycles. The zero-order chi connectivity index (χ0) is 21.2. The van der Waals surface area contributed by atoms with Gasteiger partial charge >= 0.3 is 0 Å². The van der Waals surface area contributed by atoms with Gasteiger partial charge in [-0.2, -0.15) is 14.9 Å². The summed E-state index contributed by atoms with van der Waals surface area (Å²) in [5.74, 6) is 0.894. The Bertz CT molecular complexity index is 1390. The van der Waals surface area contributed by atoms with Gasteiger partial charge in [-0.1, -0.05) is 18.2 Å². The SMILES string of the molecule is O=c1cc(-n2ccc(=O)c(-c3ccnn3C3=COC=C(C4=CC=CCC4)O3)n2)cc[nH]1. The van der Waals surface area contributed by atoms with E-state index in [1.54, 1.807) is 24.6 Å². The molecule has 1 aliphatic heterocycles. The van der Waals surface area contributed by atoms with E-state index in [-0.39, 0.29) is 16.7 Å². The minimum Gasteiger partial charge on any atom is -0.463 e. The van der Waals surface area contributed by atoms with Gasteiger partial charge in [0.05, 0.1) is 11.9 Å². The van der Waals surface area contributed by atoms with Gasteiger partial charge in [-0.15, -0.1) is 0 Å². The van der Waals surface area contributed by atoms with Gasteiger partial charge in [-0.05, 0) is 30.5 Å². The quantitative estimate of drug-likeness (QED) is 0.703. The van der Waals surface area contributed by atoms with Gasteiger partial charge < -0.3 is 14.5 Å². The Morgan fingerprint density at radius 1 is 1.13 bits per heavy atom. The van der Waals surface area contributed by atoms with Crippen LogP contribution in [0.25, 0.3) is 23.0 Å². The fourth-order valence-corrected chi connectivity index (χ4v) is 3.32. The smallest absolute Gasteiger partial charge is 0.257 e. The lowest BCUT2D eigenvalue weighted by Gasteiger charge is -2.20. The number of aromatic nitrogens is 5. The van der Waals surface area contributed by atoms with Crippen molar-refractivity contribution >= 4 is 5.88 Å². The number of hydrogen-bond acceptors (Lipinski definition) is 6. The highest BCUT2D eigenvalue weighted by atomic mass is 16.6. The van der Waals surface area contributed by atoms with Crippen molar-refractivity contribution in [1.82, 2.24) is 24.5 Å². The molecule has 0 spiro atoms.